The van der Waals surface area contributed by atoms with Crippen molar-refractivity contribution >= 4 is 0 Å². The predicted molar refractivity (Wildman–Crippen MR) is 205 cm³/mol. The molecule has 4 heteroatoms. The molecular weight excluding hydrogens is 588 g/mol. The van der Waals surface area contributed by atoms with E-state index in [1.54, 1.807) is 0 Å². The van der Waals surface area contributed by atoms with Gasteiger partial charge in [-0.3, -0.25) is 9.80 Å². The maximum atomic E-state index is 10.4. The molecule has 2 N–H and O–H groups in total. The minimum absolute atomic E-state index is 0.214. The molecule has 0 aliphatic heterocycles. The molecule has 0 heterocycles. The molecule has 0 radical (unpaired) electrons. The summed E-state index contributed by atoms with van der Waals surface area (Å²) < 4.78 is 0. The summed E-state index contributed by atoms with van der Waals surface area (Å²) in [7, 11) is 0. The molecule has 1 unspecified atom stereocenters. The molecule has 0 aliphatic carbocycles. The van der Waals surface area contributed by atoms with Crippen molar-refractivity contribution in [2.24, 2.45) is 0 Å². The van der Waals surface area contributed by atoms with E-state index in [9.17, 15) is 10.2 Å². The molecule has 0 spiro atoms. The highest BCUT2D eigenvalue weighted by atomic mass is 16.3. The van der Waals surface area contributed by atoms with Gasteiger partial charge in [0, 0.05) is 47.1 Å². The molecule has 0 bridgehead atoms. The first-order valence-corrected chi connectivity index (χ1v) is 18.0. The van der Waals surface area contributed by atoms with Crippen molar-refractivity contribution in [3.63, 3.8) is 0 Å². The lowest BCUT2D eigenvalue weighted by atomic mass is 9.87. The molecule has 4 rings (SSSR count). The van der Waals surface area contributed by atoms with E-state index < -0.39 is 0 Å². The second kappa shape index (κ2) is 18.8. The second-order valence-electron chi connectivity index (χ2n) is 14.5. The average molecular weight is 651 g/mol. The Kier molecular flexibility index (Phi) is 15.2. The third kappa shape index (κ3) is 11.2. The highest BCUT2D eigenvalue weighted by molar-refractivity contribution is 5.44. The third-order valence-corrected chi connectivity index (χ3v) is 9.53. The van der Waals surface area contributed by atoms with Crippen LogP contribution in [0.5, 0.6) is 11.5 Å². The maximum absolute atomic E-state index is 10.4. The molecule has 0 saturated heterocycles. The summed E-state index contributed by atoms with van der Waals surface area (Å²) in [5.74, 6) is 1.22. The summed E-state index contributed by atoms with van der Waals surface area (Å²) in [4.78, 5) is 5.03. The van der Waals surface area contributed by atoms with Gasteiger partial charge in [-0.05, 0) is 118 Å². The summed E-state index contributed by atoms with van der Waals surface area (Å²) >= 11 is 0. The smallest absolute Gasteiger partial charge is 0.119 e. The van der Waals surface area contributed by atoms with Crippen LogP contribution < -0.4 is 0 Å². The maximum Gasteiger partial charge on any atom is 0.119 e. The first-order chi connectivity index (χ1) is 22.8. The van der Waals surface area contributed by atoms with E-state index in [2.05, 4.69) is 140 Å². The zero-order valence-corrected chi connectivity index (χ0v) is 31.3. The van der Waals surface area contributed by atoms with Gasteiger partial charge in [0.05, 0.1) is 0 Å². The number of aryl methyl sites for hydroxylation is 2. The Hall–Kier alpha value is -3.60. The highest BCUT2D eigenvalue weighted by Gasteiger charge is 2.23. The van der Waals surface area contributed by atoms with Crippen LogP contribution in [0, 0.1) is 13.8 Å². The van der Waals surface area contributed by atoms with Crippen LogP contribution in [-0.4, -0.2) is 57.3 Å². The molecular formula is C44H62N2O2. The Bertz CT molecular complexity index is 1370. The summed E-state index contributed by atoms with van der Waals surface area (Å²) in [6.45, 7) is 24.2. The quantitative estimate of drug-likeness (QED) is 0.143. The number of benzene rings is 4. The fraction of sp³-hybridized carbons (Fsp3) is 0.455. The van der Waals surface area contributed by atoms with Gasteiger partial charge in [0.25, 0.3) is 0 Å². The SMILES string of the molecule is Cc1ccc(O)c(C(CCN(C(C)C)C(C)C)c2ccccc2)c1.Cc1ccc(O)c([C@H](CCN(C(C)C)C(C)C)c2ccccc2)c1. The number of aromatic hydroxyl groups is 2. The largest absolute Gasteiger partial charge is 0.508 e. The number of phenols is 2. The van der Waals surface area contributed by atoms with Crippen LogP contribution in [0.4, 0.5) is 0 Å². The van der Waals surface area contributed by atoms with E-state index in [4.69, 9.17) is 0 Å². The lowest BCUT2D eigenvalue weighted by Crippen LogP contribution is -2.38. The van der Waals surface area contributed by atoms with Crippen molar-refractivity contribution in [1.29, 1.82) is 0 Å². The fourth-order valence-electron chi connectivity index (χ4n) is 7.06. The average Bonchev–Trinajstić information content (AvgIpc) is 3.04. The molecule has 4 aromatic rings. The normalized spacial score (nSPS) is 13.0. The highest BCUT2D eigenvalue weighted by Crippen LogP contribution is 2.36. The number of phenolic OH excluding ortho intramolecular Hbond substituents is 2. The number of hydrogen-bond acceptors (Lipinski definition) is 4. The van der Waals surface area contributed by atoms with E-state index in [0.29, 0.717) is 35.7 Å². The van der Waals surface area contributed by atoms with Gasteiger partial charge < -0.3 is 10.2 Å². The van der Waals surface area contributed by atoms with E-state index in [-0.39, 0.29) is 11.8 Å². The van der Waals surface area contributed by atoms with Gasteiger partial charge in [-0.25, -0.2) is 0 Å². The topological polar surface area (TPSA) is 46.9 Å². The molecule has 0 amide bonds. The number of nitrogens with zero attached hydrogens (tertiary/aromatic N) is 2. The van der Waals surface area contributed by atoms with Crippen LogP contribution in [-0.2, 0) is 0 Å². The Morgan fingerprint density at radius 3 is 1.06 bits per heavy atom. The molecule has 48 heavy (non-hydrogen) atoms. The van der Waals surface area contributed by atoms with Gasteiger partial charge in [0.1, 0.15) is 11.5 Å². The summed E-state index contributed by atoms with van der Waals surface area (Å²) in [6.07, 6.45) is 1.99. The van der Waals surface area contributed by atoms with Gasteiger partial charge in [0.15, 0.2) is 0 Å². The zero-order chi connectivity index (χ0) is 35.4. The summed E-state index contributed by atoms with van der Waals surface area (Å²) in [5.41, 5.74) is 6.99. The number of hydrogen-bond donors (Lipinski definition) is 2. The molecule has 0 saturated carbocycles. The monoisotopic (exact) mass is 650 g/mol. The molecule has 4 nitrogen and oxygen atoms in total. The standard InChI is InChI=1S/2C22H31NO/c2*1-16(2)23(17(3)4)14-13-20(19-9-7-6-8-10-19)21-15-18(5)11-12-22(21)24/h2*6-12,15-17,20,24H,13-14H2,1-5H3/t20-;/m1./s1. The van der Waals surface area contributed by atoms with E-state index in [0.717, 1.165) is 37.1 Å². The van der Waals surface area contributed by atoms with Crippen molar-refractivity contribution < 1.29 is 10.2 Å². The molecule has 0 aromatic heterocycles. The van der Waals surface area contributed by atoms with Gasteiger partial charge in [-0.1, -0.05) is 96.1 Å². The zero-order valence-electron chi connectivity index (χ0n) is 31.3. The first-order valence-electron chi connectivity index (χ1n) is 18.0. The third-order valence-electron chi connectivity index (χ3n) is 9.53. The van der Waals surface area contributed by atoms with Crippen molar-refractivity contribution in [2.45, 2.75) is 118 Å². The van der Waals surface area contributed by atoms with Crippen LogP contribution in [0.15, 0.2) is 97.1 Å². The van der Waals surface area contributed by atoms with Crippen LogP contribution >= 0.6 is 0 Å². The number of rotatable bonds is 14. The minimum atomic E-state index is 0.214. The fourth-order valence-corrected chi connectivity index (χ4v) is 7.06. The van der Waals surface area contributed by atoms with E-state index in [1.165, 1.54) is 22.3 Å². The van der Waals surface area contributed by atoms with E-state index >= 15 is 0 Å². The van der Waals surface area contributed by atoms with Gasteiger partial charge in [-0.2, -0.15) is 0 Å². The molecule has 4 aromatic carbocycles. The van der Waals surface area contributed by atoms with Crippen LogP contribution in [0.3, 0.4) is 0 Å². The predicted octanol–water partition coefficient (Wildman–Crippen LogP) is 10.7. The van der Waals surface area contributed by atoms with Crippen molar-refractivity contribution in [2.75, 3.05) is 13.1 Å². The Morgan fingerprint density at radius 2 is 0.771 bits per heavy atom. The van der Waals surface area contributed by atoms with Crippen molar-refractivity contribution in [3.8, 4) is 11.5 Å². The minimum Gasteiger partial charge on any atom is -0.508 e. The van der Waals surface area contributed by atoms with Crippen LogP contribution in [0.2, 0.25) is 0 Å². The molecule has 2 atom stereocenters. The Morgan fingerprint density at radius 1 is 0.458 bits per heavy atom. The molecule has 0 aliphatic rings. The lowest BCUT2D eigenvalue weighted by molar-refractivity contribution is 0.170. The Labute approximate surface area is 292 Å². The Balaban J connectivity index is 0.000000260. The van der Waals surface area contributed by atoms with E-state index in [1.807, 2.05) is 36.4 Å². The molecule has 0 fully saturated rings. The van der Waals surface area contributed by atoms with Crippen LogP contribution in [0.1, 0.15) is 113 Å². The van der Waals surface area contributed by atoms with Crippen molar-refractivity contribution in [3.05, 3.63) is 130 Å². The van der Waals surface area contributed by atoms with Crippen molar-refractivity contribution in [1.82, 2.24) is 9.80 Å². The van der Waals surface area contributed by atoms with Gasteiger partial charge >= 0.3 is 0 Å². The molecule has 260 valence electrons. The second-order valence-corrected chi connectivity index (χ2v) is 14.5. The van der Waals surface area contributed by atoms with Crippen LogP contribution in [0.25, 0.3) is 0 Å². The van der Waals surface area contributed by atoms with Gasteiger partial charge in [0.2, 0.25) is 0 Å². The first kappa shape index (κ1) is 38.8. The lowest BCUT2D eigenvalue weighted by Gasteiger charge is -2.32. The summed E-state index contributed by atoms with van der Waals surface area (Å²) in [5, 5.41) is 20.9. The summed E-state index contributed by atoms with van der Waals surface area (Å²) in [6, 6.07) is 35.0. The van der Waals surface area contributed by atoms with Gasteiger partial charge in [-0.15, -0.1) is 0 Å².